The summed E-state index contributed by atoms with van der Waals surface area (Å²) in [7, 11) is -4.15. The molecule has 34 heavy (non-hydrogen) atoms. The van der Waals surface area contributed by atoms with Gasteiger partial charge >= 0.3 is 19.4 Å². The summed E-state index contributed by atoms with van der Waals surface area (Å²) >= 11 is 0. The molecule has 184 valence electrons. The van der Waals surface area contributed by atoms with Gasteiger partial charge in [-0.3, -0.25) is 23.7 Å². The number of rotatable bonds is 11. The van der Waals surface area contributed by atoms with Crippen LogP contribution in [0.25, 0.3) is 0 Å². The fourth-order valence-electron chi connectivity index (χ4n) is 3.13. The van der Waals surface area contributed by atoms with E-state index in [1.807, 2.05) is 0 Å². The zero-order valence-electron chi connectivity index (χ0n) is 18.4. The molecule has 1 fully saturated rings. The van der Waals surface area contributed by atoms with E-state index < -0.39 is 49.4 Å². The Hall–Kier alpha value is -3.02. The molecular formula is C21H26N3O9P. The van der Waals surface area contributed by atoms with Crippen LogP contribution in [0.1, 0.15) is 19.6 Å². The van der Waals surface area contributed by atoms with E-state index in [2.05, 4.69) is 16.7 Å². The molecule has 1 aromatic heterocycles. The van der Waals surface area contributed by atoms with Gasteiger partial charge < -0.3 is 19.1 Å². The number of ether oxygens (including phenoxy) is 2. The Morgan fingerprint density at radius 2 is 2.12 bits per heavy atom. The Kier molecular flexibility index (Phi) is 8.59. The zero-order chi connectivity index (χ0) is 24.7. The Morgan fingerprint density at radius 3 is 2.79 bits per heavy atom. The number of aliphatic hydroxyl groups is 1. The number of hydrogen-bond donors (Lipinski definition) is 3. The summed E-state index contributed by atoms with van der Waals surface area (Å²) in [4.78, 5) is 37.5. The summed E-state index contributed by atoms with van der Waals surface area (Å²) in [5, 5.41) is 12.9. The number of para-hydroxylation sites is 1. The molecule has 0 spiro atoms. The van der Waals surface area contributed by atoms with Crippen molar-refractivity contribution in [3.63, 3.8) is 0 Å². The van der Waals surface area contributed by atoms with Gasteiger partial charge in [-0.25, -0.2) is 9.36 Å². The number of carbonyl (C=O) groups is 1. The highest BCUT2D eigenvalue weighted by Gasteiger charge is 2.39. The van der Waals surface area contributed by atoms with Crippen molar-refractivity contribution in [3.05, 3.63) is 76.1 Å². The predicted molar refractivity (Wildman–Crippen MR) is 120 cm³/mol. The molecule has 1 aliphatic rings. The largest absolute Gasteiger partial charge is 0.460 e. The number of aromatic nitrogens is 2. The molecule has 13 heteroatoms. The van der Waals surface area contributed by atoms with E-state index in [1.165, 1.54) is 19.2 Å². The highest BCUT2D eigenvalue weighted by atomic mass is 31.2. The van der Waals surface area contributed by atoms with Gasteiger partial charge in [0.05, 0.1) is 12.7 Å². The van der Waals surface area contributed by atoms with Crippen LogP contribution in [0.15, 0.2) is 64.8 Å². The molecular weight excluding hydrogens is 469 g/mol. The third-order valence-corrected chi connectivity index (χ3v) is 6.44. The van der Waals surface area contributed by atoms with E-state index in [1.54, 1.807) is 30.3 Å². The van der Waals surface area contributed by atoms with E-state index >= 15 is 0 Å². The van der Waals surface area contributed by atoms with Crippen molar-refractivity contribution in [1.82, 2.24) is 14.6 Å². The van der Waals surface area contributed by atoms with Gasteiger partial charge in [0.15, 0.2) is 0 Å². The van der Waals surface area contributed by atoms with Gasteiger partial charge in [0.25, 0.3) is 5.56 Å². The minimum Gasteiger partial charge on any atom is -0.460 e. The smallest absolute Gasteiger partial charge is 0.459 e. The standard InChI is InChI=1S/C21H26N3O9P/c1-3-11-30-20(27)14(2)23-34(29,33-15-7-5-4-6-8-15)31-13-17-16(25)12-19(32-17)24-10-9-18(26)22-21(24)28/h3-10,14,16-17,19,25H,1,11-13H2,2H3,(H,23,29)(H,22,26,28)/t14-,16-,17+,19+,34-/m0/s1. The Balaban J connectivity index is 1.71. The van der Waals surface area contributed by atoms with Crippen LogP contribution >= 0.6 is 7.75 Å². The molecule has 0 saturated carbocycles. The molecule has 5 atom stereocenters. The lowest BCUT2D eigenvalue weighted by atomic mass is 10.2. The van der Waals surface area contributed by atoms with Crippen LogP contribution in [0.3, 0.4) is 0 Å². The molecule has 1 aromatic carbocycles. The third kappa shape index (κ3) is 6.75. The first-order chi connectivity index (χ1) is 16.2. The second-order valence-electron chi connectivity index (χ2n) is 7.42. The molecule has 0 amide bonds. The first-order valence-electron chi connectivity index (χ1n) is 10.4. The average Bonchev–Trinajstić information content (AvgIpc) is 3.16. The first-order valence-corrected chi connectivity index (χ1v) is 11.9. The molecule has 1 saturated heterocycles. The van der Waals surface area contributed by atoms with Crippen molar-refractivity contribution in [1.29, 1.82) is 0 Å². The number of aromatic amines is 1. The molecule has 1 aliphatic heterocycles. The molecule has 0 radical (unpaired) electrons. The van der Waals surface area contributed by atoms with Crippen molar-refractivity contribution in [2.24, 2.45) is 0 Å². The topological polar surface area (TPSA) is 158 Å². The van der Waals surface area contributed by atoms with Gasteiger partial charge in [-0.05, 0) is 19.1 Å². The van der Waals surface area contributed by atoms with Gasteiger partial charge in [-0.2, -0.15) is 5.09 Å². The summed E-state index contributed by atoms with van der Waals surface area (Å²) < 4.78 is 36.3. The monoisotopic (exact) mass is 495 g/mol. The van der Waals surface area contributed by atoms with Gasteiger partial charge in [0.1, 0.15) is 30.7 Å². The summed E-state index contributed by atoms with van der Waals surface area (Å²) in [6.45, 7) is 4.48. The molecule has 0 aliphatic carbocycles. The molecule has 12 nitrogen and oxygen atoms in total. The van der Waals surface area contributed by atoms with Crippen LogP contribution in [-0.2, 0) is 23.4 Å². The van der Waals surface area contributed by atoms with Crippen LogP contribution in [0.4, 0.5) is 0 Å². The third-order valence-electron chi connectivity index (χ3n) is 4.79. The Morgan fingerprint density at radius 1 is 1.38 bits per heavy atom. The fourth-order valence-corrected chi connectivity index (χ4v) is 4.63. The van der Waals surface area contributed by atoms with Crippen molar-refractivity contribution in [3.8, 4) is 5.75 Å². The number of nitrogens with zero attached hydrogens (tertiary/aromatic N) is 1. The quantitative estimate of drug-likeness (QED) is 0.234. The van der Waals surface area contributed by atoms with Crippen LogP contribution in [0.2, 0.25) is 0 Å². The van der Waals surface area contributed by atoms with Crippen molar-refractivity contribution < 1.29 is 33.0 Å². The SMILES string of the molecule is C=CCOC(=O)[C@H](C)N[P@](=O)(OC[C@H]1O[C@@H](n2ccc(=O)[nH]c2=O)C[C@@H]1O)Oc1ccccc1. The number of aliphatic hydroxyl groups excluding tert-OH is 1. The number of carbonyl (C=O) groups excluding carboxylic acids is 1. The van der Waals surface area contributed by atoms with E-state index in [9.17, 15) is 24.1 Å². The van der Waals surface area contributed by atoms with Crippen molar-refractivity contribution in [2.75, 3.05) is 13.2 Å². The highest BCUT2D eigenvalue weighted by Crippen LogP contribution is 2.45. The number of hydrogen-bond acceptors (Lipinski definition) is 9. The van der Waals surface area contributed by atoms with E-state index in [0.717, 1.165) is 10.6 Å². The lowest BCUT2D eigenvalue weighted by Gasteiger charge is -2.24. The van der Waals surface area contributed by atoms with Crippen molar-refractivity contribution >= 4 is 13.7 Å². The maximum atomic E-state index is 13.5. The second kappa shape index (κ2) is 11.4. The van der Waals surface area contributed by atoms with Crippen LogP contribution < -0.4 is 20.9 Å². The summed E-state index contributed by atoms with van der Waals surface area (Å²) in [5.41, 5.74) is -1.26. The van der Waals surface area contributed by atoms with Gasteiger partial charge in [-0.15, -0.1) is 0 Å². The maximum Gasteiger partial charge on any atom is 0.459 e. The van der Waals surface area contributed by atoms with Crippen LogP contribution in [-0.4, -0.2) is 52.1 Å². The number of esters is 1. The number of nitrogens with one attached hydrogen (secondary N) is 2. The van der Waals surface area contributed by atoms with Crippen LogP contribution in [0, 0.1) is 0 Å². The van der Waals surface area contributed by atoms with Gasteiger partial charge in [0, 0.05) is 18.7 Å². The Labute approximate surface area is 194 Å². The normalized spacial score (nSPS) is 22.5. The Bertz CT molecular complexity index is 1150. The minimum absolute atomic E-state index is 0.0246. The molecule has 0 unspecified atom stereocenters. The molecule has 3 N–H and O–H groups in total. The first kappa shape index (κ1) is 25.6. The van der Waals surface area contributed by atoms with E-state index in [4.69, 9.17) is 18.5 Å². The van der Waals surface area contributed by atoms with Crippen LogP contribution in [0.5, 0.6) is 5.75 Å². The average molecular weight is 495 g/mol. The number of benzene rings is 1. The maximum absolute atomic E-state index is 13.5. The summed E-state index contributed by atoms with van der Waals surface area (Å²) in [6.07, 6.45) is -0.233. The molecule has 2 aromatic rings. The minimum atomic E-state index is -4.15. The van der Waals surface area contributed by atoms with Gasteiger partial charge in [-0.1, -0.05) is 30.9 Å². The zero-order valence-corrected chi connectivity index (χ0v) is 19.3. The second-order valence-corrected chi connectivity index (χ2v) is 9.11. The summed E-state index contributed by atoms with van der Waals surface area (Å²) in [5.74, 6) is -0.481. The summed E-state index contributed by atoms with van der Waals surface area (Å²) in [6, 6.07) is 8.27. The lowest BCUT2D eigenvalue weighted by Crippen LogP contribution is -2.36. The molecule has 2 heterocycles. The predicted octanol–water partition coefficient (Wildman–Crippen LogP) is 1.10. The van der Waals surface area contributed by atoms with E-state index in [0.29, 0.717) is 0 Å². The van der Waals surface area contributed by atoms with Crippen molar-refractivity contribution in [2.45, 2.75) is 37.8 Å². The lowest BCUT2D eigenvalue weighted by molar-refractivity contribution is -0.144. The van der Waals surface area contributed by atoms with E-state index in [-0.39, 0.29) is 25.4 Å². The molecule has 3 rings (SSSR count). The molecule has 0 bridgehead atoms. The fraction of sp³-hybridized carbons (Fsp3) is 0.381. The highest BCUT2D eigenvalue weighted by molar-refractivity contribution is 7.52. The number of H-pyrrole nitrogens is 1. The van der Waals surface area contributed by atoms with Gasteiger partial charge in [0.2, 0.25) is 0 Å².